The number of benzene rings is 1. The highest BCUT2D eigenvalue weighted by Crippen LogP contribution is 2.27. The van der Waals surface area contributed by atoms with Crippen molar-refractivity contribution in [1.82, 2.24) is 14.5 Å². The highest BCUT2D eigenvalue weighted by atomic mass is 35.5. The molecule has 0 unspecified atom stereocenters. The van der Waals surface area contributed by atoms with Crippen LogP contribution in [-0.4, -0.2) is 25.9 Å². The molecule has 0 aliphatic rings. The minimum absolute atomic E-state index is 0.00964. The molecule has 2 heterocycles. The number of carbonyl (C=O) groups excluding carboxylic acids is 1. The van der Waals surface area contributed by atoms with E-state index >= 15 is 0 Å². The van der Waals surface area contributed by atoms with Gasteiger partial charge in [-0.3, -0.25) is 9.59 Å². The van der Waals surface area contributed by atoms with Crippen LogP contribution in [0.5, 0.6) is 5.75 Å². The van der Waals surface area contributed by atoms with E-state index in [4.69, 9.17) is 23.2 Å². The number of pyridine rings is 1. The van der Waals surface area contributed by atoms with Gasteiger partial charge in [-0.2, -0.15) is 0 Å². The lowest BCUT2D eigenvalue weighted by atomic mass is 10.0. The Balaban J connectivity index is 1.81. The van der Waals surface area contributed by atoms with Crippen molar-refractivity contribution in [3.05, 3.63) is 75.6 Å². The topological polar surface area (TPSA) is 74.1 Å². The number of rotatable bonds is 6. The summed E-state index contributed by atoms with van der Waals surface area (Å²) in [5.41, 5.74) is -2.61. The van der Waals surface area contributed by atoms with Crippen LogP contribution in [0.2, 0.25) is 5.15 Å². The normalized spacial score (nSPS) is 11.3. The number of carbonyl (C=O) groups is 1. The summed E-state index contributed by atoms with van der Waals surface area (Å²) in [4.78, 5) is 32.6. The molecule has 0 bridgehead atoms. The van der Waals surface area contributed by atoms with Crippen molar-refractivity contribution in [3.8, 4) is 17.0 Å². The molecule has 3 rings (SSSR count). The van der Waals surface area contributed by atoms with Crippen molar-refractivity contribution < 1.29 is 18.3 Å². The summed E-state index contributed by atoms with van der Waals surface area (Å²) in [6.45, 7) is 0. The number of ketones is 1. The molecule has 2 aromatic heterocycles. The van der Waals surface area contributed by atoms with Crippen molar-refractivity contribution in [3.63, 3.8) is 0 Å². The second-order valence-electron chi connectivity index (χ2n) is 6.08. The maximum Gasteiger partial charge on any atom is 0.487 e. The quantitative estimate of drug-likeness (QED) is 0.328. The maximum atomic E-state index is 12.6. The van der Waals surface area contributed by atoms with Gasteiger partial charge in [-0.25, -0.2) is 9.97 Å². The van der Waals surface area contributed by atoms with Gasteiger partial charge in [0, 0.05) is 48.5 Å². The fourth-order valence-electron chi connectivity index (χ4n) is 2.49. The van der Waals surface area contributed by atoms with E-state index in [1.54, 1.807) is 7.05 Å². The van der Waals surface area contributed by atoms with Crippen LogP contribution in [0.1, 0.15) is 15.9 Å². The first kappa shape index (κ1) is 20.9. The van der Waals surface area contributed by atoms with E-state index in [0.717, 1.165) is 0 Å². The number of aromatic nitrogens is 3. The van der Waals surface area contributed by atoms with Crippen LogP contribution in [0.4, 0.5) is 8.78 Å². The molecule has 29 heavy (non-hydrogen) atoms. The third kappa shape index (κ3) is 5.36. The lowest BCUT2D eigenvalue weighted by molar-refractivity contribution is -0.0964. The van der Waals surface area contributed by atoms with Gasteiger partial charge in [0.25, 0.3) is 5.56 Å². The SMILES string of the molecule is Cn1cnc(-c2cc(C(=O)Cc3ccc(OC(F)(F)Cl)cc3)cnc2Cl)cc1=O. The fourth-order valence-corrected chi connectivity index (χ4v) is 2.77. The first-order valence-corrected chi connectivity index (χ1v) is 8.94. The Labute approximate surface area is 173 Å². The molecule has 0 amide bonds. The van der Waals surface area contributed by atoms with Crippen molar-refractivity contribution in [1.29, 1.82) is 0 Å². The predicted octanol–water partition coefficient (Wildman–Crippen LogP) is 4.09. The van der Waals surface area contributed by atoms with Crippen LogP contribution in [0.15, 0.2) is 53.7 Å². The van der Waals surface area contributed by atoms with E-state index in [0.29, 0.717) is 16.8 Å². The van der Waals surface area contributed by atoms with Gasteiger partial charge in [0.05, 0.1) is 12.0 Å². The summed E-state index contributed by atoms with van der Waals surface area (Å²) in [7, 11) is 1.56. The number of ether oxygens (including phenoxy) is 1. The Morgan fingerprint density at radius 3 is 2.52 bits per heavy atom. The highest BCUT2D eigenvalue weighted by molar-refractivity contribution is 6.32. The van der Waals surface area contributed by atoms with Crippen LogP contribution >= 0.6 is 23.2 Å². The zero-order valence-corrected chi connectivity index (χ0v) is 16.4. The molecule has 6 nitrogen and oxygen atoms in total. The molecule has 10 heteroatoms. The number of halogens is 4. The lowest BCUT2D eigenvalue weighted by Gasteiger charge is -2.11. The van der Waals surface area contributed by atoms with Crippen molar-refractivity contribution in [2.24, 2.45) is 7.05 Å². The number of alkyl halides is 3. The molecule has 1 aromatic carbocycles. The molecule has 0 N–H and O–H groups in total. The maximum absolute atomic E-state index is 12.6. The zero-order chi connectivity index (χ0) is 21.2. The van der Waals surface area contributed by atoms with Gasteiger partial charge in [0.1, 0.15) is 10.9 Å². The zero-order valence-electron chi connectivity index (χ0n) is 14.9. The molecular formula is C19H13Cl2F2N3O3. The summed E-state index contributed by atoms with van der Waals surface area (Å²) in [6.07, 6.45) is 2.65. The molecule has 0 saturated carbocycles. The summed E-state index contributed by atoms with van der Waals surface area (Å²) >= 11 is 10.8. The predicted molar refractivity (Wildman–Crippen MR) is 104 cm³/mol. The monoisotopic (exact) mass is 439 g/mol. The van der Waals surface area contributed by atoms with Crippen LogP contribution in [0.25, 0.3) is 11.3 Å². The van der Waals surface area contributed by atoms with Crippen molar-refractivity contribution in [2.45, 2.75) is 12.0 Å². The van der Waals surface area contributed by atoms with Crippen molar-refractivity contribution in [2.75, 3.05) is 0 Å². The molecule has 3 aromatic rings. The molecule has 150 valence electrons. The number of nitrogens with zero attached hydrogens (tertiary/aromatic N) is 3. The second-order valence-corrected chi connectivity index (χ2v) is 6.88. The summed E-state index contributed by atoms with van der Waals surface area (Å²) in [6, 6.07) is 8.32. The molecule has 0 atom stereocenters. The van der Waals surface area contributed by atoms with Crippen LogP contribution < -0.4 is 10.3 Å². The Morgan fingerprint density at radius 2 is 1.90 bits per heavy atom. The number of Topliss-reactive ketones (excluding diaryl/α,β-unsaturated/α-hetero) is 1. The van der Waals surface area contributed by atoms with Gasteiger partial charge in [-0.05, 0) is 23.8 Å². The number of aryl methyl sites for hydroxylation is 1. The molecule has 0 radical (unpaired) electrons. The van der Waals surface area contributed by atoms with E-state index in [-0.39, 0.29) is 34.2 Å². The summed E-state index contributed by atoms with van der Waals surface area (Å²) in [5, 5.41) is 0.103. The van der Waals surface area contributed by atoms with E-state index in [2.05, 4.69) is 14.7 Å². The Kier molecular flexibility index (Phi) is 5.95. The highest BCUT2D eigenvalue weighted by Gasteiger charge is 2.27. The largest absolute Gasteiger partial charge is 0.487 e. The van der Waals surface area contributed by atoms with E-state index in [1.165, 1.54) is 53.5 Å². The second kappa shape index (κ2) is 8.26. The summed E-state index contributed by atoms with van der Waals surface area (Å²) < 4.78 is 30.8. The smallest absolute Gasteiger partial charge is 0.420 e. The minimum atomic E-state index is -3.81. The first-order valence-electron chi connectivity index (χ1n) is 8.19. The van der Waals surface area contributed by atoms with E-state index in [9.17, 15) is 18.4 Å². The number of hydrogen-bond acceptors (Lipinski definition) is 5. The first-order chi connectivity index (χ1) is 13.6. The molecule has 0 aliphatic carbocycles. The molecule has 0 fully saturated rings. The summed E-state index contributed by atoms with van der Waals surface area (Å²) in [5.74, 6) is -0.413. The van der Waals surface area contributed by atoms with E-state index in [1.807, 2.05) is 0 Å². The third-order valence-electron chi connectivity index (χ3n) is 3.94. The average molecular weight is 440 g/mol. The number of hydrogen-bond donors (Lipinski definition) is 0. The average Bonchev–Trinajstić information content (AvgIpc) is 2.65. The standard InChI is InChI=1S/C19H13Cl2F2N3O3/c1-26-10-25-15(8-17(26)28)14-7-12(9-24-18(14)20)16(27)6-11-2-4-13(5-3-11)29-19(21,22)23/h2-5,7-10H,6H2,1H3. The van der Waals surface area contributed by atoms with Gasteiger partial charge in [-0.1, -0.05) is 23.7 Å². The van der Waals surface area contributed by atoms with Gasteiger partial charge >= 0.3 is 5.57 Å². The van der Waals surface area contributed by atoms with Gasteiger partial charge in [0.15, 0.2) is 5.78 Å². The third-order valence-corrected chi connectivity index (χ3v) is 4.31. The lowest BCUT2D eigenvalue weighted by Crippen LogP contribution is -2.16. The van der Waals surface area contributed by atoms with Gasteiger partial charge < -0.3 is 9.30 Å². The molecule has 0 spiro atoms. The Morgan fingerprint density at radius 1 is 1.21 bits per heavy atom. The van der Waals surface area contributed by atoms with Crippen LogP contribution in [0.3, 0.4) is 0 Å². The van der Waals surface area contributed by atoms with Gasteiger partial charge in [0.2, 0.25) is 0 Å². The Bertz CT molecular complexity index is 1110. The molecule has 0 aliphatic heterocycles. The Hall–Kier alpha value is -2.84. The van der Waals surface area contributed by atoms with Crippen LogP contribution in [-0.2, 0) is 13.5 Å². The van der Waals surface area contributed by atoms with Crippen molar-refractivity contribution >= 4 is 29.0 Å². The fraction of sp³-hybridized carbons (Fsp3) is 0.158. The van der Waals surface area contributed by atoms with Crippen LogP contribution in [0, 0.1) is 0 Å². The van der Waals surface area contributed by atoms with Gasteiger partial charge in [-0.15, -0.1) is 8.78 Å². The molecule has 0 saturated heterocycles. The molecular weight excluding hydrogens is 427 g/mol. The minimum Gasteiger partial charge on any atom is -0.420 e. The van der Waals surface area contributed by atoms with E-state index < -0.39 is 5.57 Å².